The molecule has 1 aromatic carbocycles. The topological polar surface area (TPSA) is 60.8 Å². The summed E-state index contributed by atoms with van der Waals surface area (Å²) in [4.78, 5) is 24.2. The van der Waals surface area contributed by atoms with Crippen LogP contribution < -0.4 is 0 Å². The van der Waals surface area contributed by atoms with E-state index in [2.05, 4.69) is 0 Å². The maximum Gasteiger partial charge on any atom is 0.337 e. The van der Waals surface area contributed by atoms with Crippen LogP contribution in [0.25, 0.3) is 10.9 Å². The highest BCUT2D eigenvalue weighted by Gasteiger charge is 2.25. The summed E-state index contributed by atoms with van der Waals surface area (Å²) in [5.74, 6) is -0.427. The van der Waals surface area contributed by atoms with E-state index in [9.17, 15) is 9.59 Å². The molecule has 1 aromatic heterocycles. The van der Waals surface area contributed by atoms with Gasteiger partial charge in [0.05, 0.1) is 31.9 Å². The molecule has 1 fully saturated rings. The van der Waals surface area contributed by atoms with Crippen LogP contribution in [-0.4, -0.2) is 36.1 Å². The van der Waals surface area contributed by atoms with Gasteiger partial charge >= 0.3 is 5.97 Å². The van der Waals surface area contributed by atoms with Crippen molar-refractivity contribution in [3.05, 3.63) is 35.5 Å². The van der Waals surface area contributed by atoms with Crippen molar-refractivity contribution in [2.75, 3.05) is 13.7 Å². The molecule has 1 aliphatic rings. The molecule has 5 nitrogen and oxygen atoms in total. The normalized spacial score (nSPS) is 17.0. The average molecular weight is 301 g/mol. The number of esters is 1. The number of Topliss-reactive ketones (excluding diaryl/α,β-unsaturated/α-hetero) is 1. The molecule has 1 unspecified atom stereocenters. The number of hydrogen-bond donors (Lipinski definition) is 0. The molecule has 0 bridgehead atoms. The van der Waals surface area contributed by atoms with Gasteiger partial charge in [0.2, 0.25) is 0 Å². The van der Waals surface area contributed by atoms with Gasteiger partial charge in [0.1, 0.15) is 0 Å². The van der Waals surface area contributed by atoms with Gasteiger partial charge < -0.3 is 14.0 Å². The number of carbonyl (C=O) groups excluding carboxylic acids is 2. The highest BCUT2D eigenvalue weighted by molar-refractivity contribution is 6.10. The molecule has 22 heavy (non-hydrogen) atoms. The van der Waals surface area contributed by atoms with Crippen molar-refractivity contribution in [2.45, 2.75) is 26.5 Å². The molecule has 116 valence electrons. The van der Waals surface area contributed by atoms with E-state index in [-0.39, 0.29) is 17.8 Å². The third-order valence-corrected chi connectivity index (χ3v) is 3.89. The van der Waals surface area contributed by atoms with E-state index in [1.54, 1.807) is 12.1 Å². The summed E-state index contributed by atoms with van der Waals surface area (Å²) in [6.45, 7) is 5.23. The Labute approximate surface area is 128 Å². The van der Waals surface area contributed by atoms with Crippen molar-refractivity contribution >= 4 is 22.7 Å². The van der Waals surface area contributed by atoms with Crippen LogP contribution in [0.4, 0.5) is 0 Å². The van der Waals surface area contributed by atoms with Crippen molar-refractivity contribution in [1.29, 1.82) is 0 Å². The second kappa shape index (κ2) is 5.57. The minimum atomic E-state index is -0.400. The Kier molecular flexibility index (Phi) is 3.74. The van der Waals surface area contributed by atoms with Crippen molar-refractivity contribution in [2.24, 2.45) is 5.92 Å². The number of aromatic nitrogens is 1. The van der Waals surface area contributed by atoms with E-state index in [4.69, 9.17) is 9.47 Å². The van der Waals surface area contributed by atoms with Gasteiger partial charge in [-0.1, -0.05) is 13.8 Å². The van der Waals surface area contributed by atoms with Crippen LogP contribution in [0.5, 0.6) is 0 Å². The van der Waals surface area contributed by atoms with Gasteiger partial charge in [0, 0.05) is 28.6 Å². The summed E-state index contributed by atoms with van der Waals surface area (Å²) in [5, 5.41) is 0.794. The van der Waals surface area contributed by atoms with E-state index >= 15 is 0 Å². The van der Waals surface area contributed by atoms with E-state index < -0.39 is 5.97 Å². The number of fused-ring (bicyclic) bond motifs is 1. The first-order valence-electron chi connectivity index (χ1n) is 7.38. The van der Waals surface area contributed by atoms with Crippen LogP contribution in [0.3, 0.4) is 0 Å². The monoisotopic (exact) mass is 301 g/mol. The van der Waals surface area contributed by atoms with Gasteiger partial charge in [-0.2, -0.15) is 0 Å². The molecule has 1 aliphatic heterocycles. The third-order valence-electron chi connectivity index (χ3n) is 3.89. The van der Waals surface area contributed by atoms with Gasteiger partial charge in [0.25, 0.3) is 0 Å². The molecule has 0 amide bonds. The number of ether oxygens (including phenoxy) is 2. The summed E-state index contributed by atoms with van der Waals surface area (Å²) in [5.41, 5.74) is 2.04. The number of ketones is 1. The van der Waals surface area contributed by atoms with Gasteiger partial charge in [-0.25, -0.2) is 4.79 Å². The van der Waals surface area contributed by atoms with E-state index in [1.807, 2.05) is 30.7 Å². The first-order valence-corrected chi connectivity index (χ1v) is 7.38. The Bertz CT molecular complexity index is 740. The highest BCUT2D eigenvalue weighted by Crippen LogP contribution is 2.27. The lowest BCUT2D eigenvalue weighted by atomic mass is 10.00. The smallest absolute Gasteiger partial charge is 0.337 e. The summed E-state index contributed by atoms with van der Waals surface area (Å²) in [6, 6.07) is 5.32. The number of hydrogen-bond acceptors (Lipinski definition) is 4. The van der Waals surface area contributed by atoms with Gasteiger partial charge in [0.15, 0.2) is 5.78 Å². The van der Waals surface area contributed by atoms with Gasteiger partial charge in [-0.05, 0) is 18.2 Å². The molecule has 2 heterocycles. The zero-order chi connectivity index (χ0) is 15.9. The lowest BCUT2D eigenvalue weighted by molar-refractivity contribution is 0.0600. The molecular formula is C17H19NO4. The Morgan fingerprint density at radius 2 is 2.14 bits per heavy atom. The molecule has 0 saturated carbocycles. The minimum Gasteiger partial charge on any atom is -0.465 e. The van der Waals surface area contributed by atoms with E-state index in [1.165, 1.54) is 7.11 Å². The Morgan fingerprint density at radius 3 is 2.73 bits per heavy atom. The predicted molar refractivity (Wildman–Crippen MR) is 82.2 cm³/mol. The van der Waals surface area contributed by atoms with E-state index in [0.717, 1.165) is 24.1 Å². The second-order valence-corrected chi connectivity index (χ2v) is 5.89. The number of carbonyl (C=O) groups is 2. The molecule has 3 rings (SSSR count). The van der Waals surface area contributed by atoms with Crippen molar-refractivity contribution in [3.8, 4) is 0 Å². The highest BCUT2D eigenvalue weighted by atomic mass is 16.6. The van der Waals surface area contributed by atoms with Crippen molar-refractivity contribution in [1.82, 2.24) is 4.57 Å². The summed E-state index contributed by atoms with van der Waals surface area (Å²) in [7, 11) is 1.35. The van der Waals surface area contributed by atoms with Crippen LogP contribution in [0.15, 0.2) is 24.4 Å². The molecule has 5 heteroatoms. The van der Waals surface area contributed by atoms with Gasteiger partial charge in [-0.15, -0.1) is 0 Å². The van der Waals surface area contributed by atoms with Crippen LogP contribution in [0.2, 0.25) is 0 Å². The standard InChI is InChI=1S/C17H19NO4/c1-10(2)16(19)14-8-18(7-12-9-22-12)15-5-4-11(6-13(14)15)17(20)21-3/h4-6,8,10,12H,7,9H2,1-3H3. The average Bonchev–Trinajstić information content (AvgIpc) is 3.26. The zero-order valence-corrected chi connectivity index (χ0v) is 13.0. The molecule has 1 saturated heterocycles. The van der Waals surface area contributed by atoms with Gasteiger partial charge in [-0.3, -0.25) is 4.79 Å². The zero-order valence-electron chi connectivity index (χ0n) is 13.0. The van der Waals surface area contributed by atoms with Crippen LogP contribution in [0.1, 0.15) is 34.6 Å². The number of methoxy groups -OCH3 is 1. The maximum atomic E-state index is 12.5. The predicted octanol–water partition coefficient (Wildman–Crippen LogP) is 2.67. The molecule has 0 radical (unpaired) electrons. The maximum absolute atomic E-state index is 12.5. The Hall–Kier alpha value is -2.14. The molecule has 0 spiro atoms. The largest absolute Gasteiger partial charge is 0.465 e. The first-order chi connectivity index (χ1) is 10.5. The summed E-state index contributed by atoms with van der Waals surface area (Å²) < 4.78 is 12.1. The Morgan fingerprint density at radius 1 is 1.41 bits per heavy atom. The molecule has 0 aliphatic carbocycles. The van der Waals surface area contributed by atoms with Crippen molar-refractivity contribution < 1.29 is 19.1 Å². The van der Waals surface area contributed by atoms with Crippen LogP contribution in [0, 0.1) is 5.92 Å². The lowest BCUT2D eigenvalue weighted by Gasteiger charge is -2.04. The fourth-order valence-corrected chi connectivity index (χ4v) is 2.59. The summed E-state index contributed by atoms with van der Waals surface area (Å²) >= 11 is 0. The molecular weight excluding hydrogens is 282 g/mol. The van der Waals surface area contributed by atoms with E-state index in [0.29, 0.717) is 11.1 Å². The molecule has 1 atom stereocenters. The fraction of sp³-hybridized carbons (Fsp3) is 0.412. The van der Waals surface area contributed by atoms with Crippen molar-refractivity contribution in [3.63, 3.8) is 0 Å². The Balaban J connectivity index is 2.13. The molecule has 2 aromatic rings. The fourth-order valence-electron chi connectivity index (χ4n) is 2.59. The number of rotatable bonds is 5. The third kappa shape index (κ3) is 2.64. The quantitative estimate of drug-likeness (QED) is 0.484. The number of epoxide rings is 1. The minimum absolute atomic E-state index is 0.0717. The number of nitrogens with zero attached hydrogens (tertiary/aromatic N) is 1. The summed E-state index contributed by atoms with van der Waals surface area (Å²) in [6.07, 6.45) is 2.09. The lowest BCUT2D eigenvalue weighted by Crippen LogP contribution is -2.07. The second-order valence-electron chi connectivity index (χ2n) is 5.89. The van der Waals surface area contributed by atoms with Crippen LogP contribution in [-0.2, 0) is 16.0 Å². The first kappa shape index (κ1) is 14.8. The SMILES string of the molecule is COC(=O)c1ccc2c(c1)c(C(=O)C(C)C)cn2CC1CO1. The molecule has 0 N–H and O–H groups in total. The number of benzene rings is 1. The van der Waals surface area contributed by atoms with Crippen LogP contribution >= 0.6 is 0 Å².